The van der Waals surface area contributed by atoms with Gasteiger partial charge >= 0.3 is 5.97 Å². The lowest BCUT2D eigenvalue weighted by molar-refractivity contribution is -0.143. The van der Waals surface area contributed by atoms with Gasteiger partial charge in [-0.1, -0.05) is 13.8 Å². The van der Waals surface area contributed by atoms with Gasteiger partial charge in [0.25, 0.3) is 10.2 Å². The molecule has 0 aromatic rings. The van der Waals surface area contributed by atoms with Crippen molar-refractivity contribution < 1.29 is 18.3 Å². The molecule has 1 aliphatic heterocycles. The Balaban J connectivity index is 2.84. The molecule has 0 aromatic carbocycles. The maximum absolute atomic E-state index is 12.2. The molecule has 1 saturated heterocycles. The Bertz CT molecular complexity index is 396. The first-order valence-electron chi connectivity index (χ1n) is 6.23. The maximum atomic E-state index is 12.2. The number of carboxylic acids is 1. The van der Waals surface area contributed by atoms with Gasteiger partial charge in [-0.25, -0.2) is 0 Å². The number of nitrogens with zero attached hydrogens (tertiary/aromatic N) is 2. The Morgan fingerprint density at radius 2 is 2.06 bits per heavy atom. The van der Waals surface area contributed by atoms with Gasteiger partial charge in [0.2, 0.25) is 0 Å². The molecular weight excluding hydrogens is 256 g/mol. The van der Waals surface area contributed by atoms with Gasteiger partial charge in [-0.05, 0) is 18.8 Å². The van der Waals surface area contributed by atoms with Gasteiger partial charge in [-0.3, -0.25) is 4.79 Å². The number of hydrogen-bond donors (Lipinski definition) is 1. The van der Waals surface area contributed by atoms with Crippen LogP contribution in [0.4, 0.5) is 0 Å². The van der Waals surface area contributed by atoms with E-state index in [0.717, 1.165) is 6.42 Å². The monoisotopic (exact) mass is 278 g/mol. The number of aliphatic carboxylic acids is 1. The first-order chi connectivity index (χ1) is 8.28. The summed E-state index contributed by atoms with van der Waals surface area (Å²) in [6.07, 6.45) is 1.28. The summed E-state index contributed by atoms with van der Waals surface area (Å²) in [7, 11) is -1.98. The largest absolute Gasteiger partial charge is 0.481 e. The lowest BCUT2D eigenvalue weighted by atomic mass is 9.92. The van der Waals surface area contributed by atoms with Gasteiger partial charge in [0.05, 0.1) is 5.92 Å². The third kappa shape index (κ3) is 3.43. The van der Waals surface area contributed by atoms with Gasteiger partial charge < -0.3 is 5.11 Å². The molecule has 1 aliphatic rings. The Kier molecular flexibility index (Phi) is 5.12. The molecule has 2 atom stereocenters. The Hall–Kier alpha value is -0.660. The Labute approximate surface area is 109 Å². The standard InChI is InChI=1S/C11H22N2O4S/c1-4-5-12(3)18(16,17)13-7-9(2)6-10(8-13)11(14)15/h9-10H,4-8H2,1-3H3,(H,14,15). The van der Waals surface area contributed by atoms with Gasteiger partial charge in [-0.2, -0.15) is 17.0 Å². The average Bonchev–Trinajstić information content (AvgIpc) is 2.28. The van der Waals surface area contributed by atoms with Crippen LogP contribution in [-0.2, 0) is 15.0 Å². The van der Waals surface area contributed by atoms with Gasteiger partial charge in [0, 0.05) is 26.7 Å². The van der Waals surface area contributed by atoms with E-state index in [4.69, 9.17) is 5.11 Å². The van der Waals surface area contributed by atoms with Gasteiger partial charge in [0.1, 0.15) is 0 Å². The summed E-state index contributed by atoms with van der Waals surface area (Å²) in [5.74, 6) is -1.44. The highest BCUT2D eigenvalue weighted by Gasteiger charge is 2.36. The quantitative estimate of drug-likeness (QED) is 0.799. The molecule has 1 heterocycles. The van der Waals surface area contributed by atoms with Crippen LogP contribution in [0.3, 0.4) is 0 Å². The summed E-state index contributed by atoms with van der Waals surface area (Å²) < 4.78 is 27.1. The van der Waals surface area contributed by atoms with Crippen LogP contribution >= 0.6 is 0 Å². The Morgan fingerprint density at radius 3 is 2.56 bits per heavy atom. The van der Waals surface area contributed by atoms with E-state index in [-0.39, 0.29) is 12.5 Å². The smallest absolute Gasteiger partial charge is 0.307 e. The normalized spacial score (nSPS) is 26.4. The average molecular weight is 278 g/mol. The Morgan fingerprint density at radius 1 is 1.44 bits per heavy atom. The molecule has 18 heavy (non-hydrogen) atoms. The molecule has 0 aromatic heterocycles. The van der Waals surface area contributed by atoms with E-state index in [1.165, 1.54) is 15.7 Å². The van der Waals surface area contributed by atoms with E-state index >= 15 is 0 Å². The molecule has 0 aliphatic carbocycles. The van der Waals surface area contributed by atoms with Crippen molar-refractivity contribution in [1.29, 1.82) is 0 Å². The predicted octanol–water partition coefficient (Wildman–Crippen LogP) is 0.616. The van der Waals surface area contributed by atoms with Crippen molar-refractivity contribution in [2.24, 2.45) is 11.8 Å². The molecular formula is C11H22N2O4S. The maximum Gasteiger partial charge on any atom is 0.307 e. The lowest BCUT2D eigenvalue weighted by Gasteiger charge is -2.35. The van der Waals surface area contributed by atoms with Crippen LogP contribution in [0, 0.1) is 11.8 Å². The van der Waals surface area contributed by atoms with Crippen LogP contribution in [0.25, 0.3) is 0 Å². The summed E-state index contributed by atoms with van der Waals surface area (Å²) in [4.78, 5) is 11.0. The van der Waals surface area contributed by atoms with Crippen molar-refractivity contribution in [3.8, 4) is 0 Å². The van der Waals surface area contributed by atoms with Crippen LogP contribution in [0.5, 0.6) is 0 Å². The van der Waals surface area contributed by atoms with Gasteiger partial charge in [0.15, 0.2) is 0 Å². The number of carbonyl (C=O) groups is 1. The first-order valence-corrected chi connectivity index (χ1v) is 7.63. The van der Waals surface area contributed by atoms with Gasteiger partial charge in [-0.15, -0.1) is 0 Å². The predicted molar refractivity (Wildman–Crippen MR) is 68.3 cm³/mol. The minimum atomic E-state index is -3.52. The molecule has 0 saturated carbocycles. The fourth-order valence-corrected chi connectivity index (χ4v) is 3.92. The second-order valence-electron chi connectivity index (χ2n) is 5.02. The van der Waals surface area contributed by atoms with E-state index in [1.807, 2.05) is 13.8 Å². The fraction of sp³-hybridized carbons (Fsp3) is 0.909. The van der Waals surface area contributed by atoms with Crippen molar-refractivity contribution in [1.82, 2.24) is 8.61 Å². The van der Waals surface area contributed by atoms with Crippen molar-refractivity contribution in [2.75, 3.05) is 26.7 Å². The molecule has 106 valence electrons. The summed E-state index contributed by atoms with van der Waals surface area (Å²) in [5.41, 5.74) is 0. The van der Waals surface area contributed by atoms with E-state index < -0.39 is 22.1 Å². The molecule has 1 N–H and O–H groups in total. The molecule has 2 unspecified atom stereocenters. The molecule has 1 rings (SSSR count). The molecule has 0 amide bonds. The van der Waals surface area contributed by atoms with Crippen LogP contribution in [0.1, 0.15) is 26.7 Å². The molecule has 6 nitrogen and oxygen atoms in total. The molecule has 0 bridgehead atoms. The van der Waals surface area contributed by atoms with Crippen molar-refractivity contribution in [2.45, 2.75) is 26.7 Å². The topological polar surface area (TPSA) is 77.9 Å². The zero-order chi connectivity index (χ0) is 13.9. The molecule has 7 heteroatoms. The van der Waals surface area contributed by atoms with Crippen molar-refractivity contribution >= 4 is 16.2 Å². The van der Waals surface area contributed by atoms with E-state index in [1.54, 1.807) is 0 Å². The number of piperidine rings is 1. The summed E-state index contributed by atoms with van der Waals surface area (Å²) in [5, 5.41) is 9.05. The van der Waals surface area contributed by atoms with Crippen molar-refractivity contribution in [3.05, 3.63) is 0 Å². The molecule has 0 spiro atoms. The van der Waals surface area contributed by atoms with Crippen molar-refractivity contribution in [3.63, 3.8) is 0 Å². The highest BCUT2D eigenvalue weighted by atomic mass is 32.2. The summed E-state index contributed by atoms with van der Waals surface area (Å²) >= 11 is 0. The lowest BCUT2D eigenvalue weighted by Crippen LogP contribution is -2.50. The van der Waals surface area contributed by atoms with E-state index in [2.05, 4.69) is 0 Å². The highest BCUT2D eigenvalue weighted by Crippen LogP contribution is 2.24. The molecule has 0 radical (unpaired) electrons. The van der Waals surface area contributed by atoms with E-state index in [0.29, 0.717) is 19.5 Å². The second kappa shape index (κ2) is 5.99. The highest BCUT2D eigenvalue weighted by molar-refractivity contribution is 7.86. The SMILES string of the molecule is CCCN(C)S(=O)(=O)N1CC(C)CC(C(=O)O)C1. The summed E-state index contributed by atoms with van der Waals surface area (Å²) in [6, 6.07) is 0. The molecule has 1 fully saturated rings. The third-order valence-electron chi connectivity index (χ3n) is 3.23. The third-order valence-corrected chi connectivity index (χ3v) is 5.16. The van der Waals surface area contributed by atoms with Crippen LogP contribution in [-0.4, -0.2) is 54.8 Å². The van der Waals surface area contributed by atoms with Crippen LogP contribution in [0.2, 0.25) is 0 Å². The number of hydrogen-bond acceptors (Lipinski definition) is 3. The minimum absolute atomic E-state index is 0.0738. The van der Waals surface area contributed by atoms with E-state index in [9.17, 15) is 13.2 Å². The zero-order valence-electron chi connectivity index (χ0n) is 11.2. The zero-order valence-corrected chi connectivity index (χ0v) is 12.0. The minimum Gasteiger partial charge on any atom is -0.481 e. The number of rotatable bonds is 5. The first kappa shape index (κ1) is 15.4. The summed E-state index contributed by atoms with van der Waals surface area (Å²) in [6.45, 7) is 4.73. The van der Waals surface area contributed by atoms with Crippen LogP contribution < -0.4 is 0 Å². The second-order valence-corrected chi connectivity index (χ2v) is 7.06. The fourth-order valence-electron chi connectivity index (χ4n) is 2.30. The van der Waals surface area contributed by atoms with Crippen LogP contribution in [0.15, 0.2) is 0 Å². The number of carboxylic acid groups (broad SMARTS) is 1.